The maximum absolute atomic E-state index is 12.1. The summed E-state index contributed by atoms with van der Waals surface area (Å²) >= 11 is 0. The first-order chi connectivity index (χ1) is 8.86. The third-order valence-corrected chi connectivity index (χ3v) is 5.30. The van der Waals surface area contributed by atoms with Crippen molar-refractivity contribution in [2.75, 3.05) is 19.3 Å². The summed E-state index contributed by atoms with van der Waals surface area (Å²) in [6, 6.07) is 0. The lowest BCUT2D eigenvalue weighted by atomic mass is 9.92. The highest BCUT2D eigenvalue weighted by Gasteiger charge is 2.32. The highest BCUT2D eigenvalue weighted by Crippen LogP contribution is 2.26. The molecule has 2 aliphatic rings. The fraction of sp³-hybridized carbons (Fsp3) is 0.923. The molecule has 2 fully saturated rings. The molecule has 110 valence electrons. The first-order valence-electron chi connectivity index (χ1n) is 6.99. The maximum atomic E-state index is 12.1. The molecule has 19 heavy (non-hydrogen) atoms. The van der Waals surface area contributed by atoms with Crippen molar-refractivity contribution in [3.05, 3.63) is 0 Å². The van der Waals surface area contributed by atoms with Gasteiger partial charge in [0.1, 0.15) is 6.10 Å². The van der Waals surface area contributed by atoms with Crippen molar-refractivity contribution in [3.63, 3.8) is 0 Å². The van der Waals surface area contributed by atoms with E-state index in [9.17, 15) is 13.2 Å². The van der Waals surface area contributed by atoms with E-state index in [2.05, 4.69) is 0 Å². The molecular formula is C13H23NO4S. The van der Waals surface area contributed by atoms with Gasteiger partial charge in [-0.05, 0) is 38.5 Å². The minimum Gasteiger partial charge on any atom is -0.368 e. The molecular weight excluding hydrogens is 266 g/mol. The molecule has 3 unspecified atom stereocenters. The third-order valence-electron chi connectivity index (χ3n) is 4.03. The zero-order valence-electron chi connectivity index (χ0n) is 11.7. The molecule has 2 aliphatic heterocycles. The van der Waals surface area contributed by atoms with Gasteiger partial charge in [-0.25, -0.2) is 12.7 Å². The molecule has 0 aromatic carbocycles. The molecule has 5 nitrogen and oxygen atoms in total. The molecule has 0 spiro atoms. The summed E-state index contributed by atoms with van der Waals surface area (Å²) in [4.78, 5) is 12.1. The molecule has 2 saturated heterocycles. The second kappa shape index (κ2) is 5.89. The number of sulfonamides is 1. The third kappa shape index (κ3) is 4.00. The van der Waals surface area contributed by atoms with Crippen LogP contribution in [0, 0.1) is 5.92 Å². The predicted molar refractivity (Wildman–Crippen MR) is 72.3 cm³/mol. The lowest BCUT2D eigenvalue weighted by Gasteiger charge is -2.31. The molecule has 0 aliphatic carbocycles. The lowest BCUT2D eigenvalue weighted by Crippen LogP contribution is -2.40. The van der Waals surface area contributed by atoms with E-state index in [-0.39, 0.29) is 23.9 Å². The Morgan fingerprint density at radius 1 is 1.32 bits per heavy atom. The average Bonchev–Trinajstić information content (AvgIpc) is 2.75. The van der Waals surface area contributed by atoms with Crippen molar-refractivity contribution in [1.29, 1.82) is 0 Å². The Kier molecular flexibility index (Phi) is 4.63. The number of carbonyl (C=O) groups excluding carboxylic acids is 1. The molecule has 0 radical (unpaired) electrons. The lowest BCUT2D eigenvalue weighted by molar-refractivity contribution is -0.130. The quantitative estimate of drug-likeness (QED) is 0.780. The van der Waals surface area contributed by atoms with Gasteiger partial charge in [-0.3, -0.25) is 4.79 Å². The number of hydrogen-bond donors (Lipinski definition) is 0. The van der Waals surface area contributed by atoms with E-state index in [1.165, 1.54) is 10.6 Å². The van der Waals surface area contributed by atoms with Crippen LogP contribution in [0.2, 0.25) is 0 Å². The summed E-state index contributed by atoms with van der Waals surface area (Å²) in [5.41, 5.74) is 0. The van der Waals surface area contributed by atoms with Gasteiger partial charge in [-0.15, -0.1) is 0 Å². The van der Waals surface area contributed by atoms with E-state index in [0.717, 1.165) is 25.7 Å². The van der Waals surface area contributed by atoms with Crippen molar-refractivity contribution in [2.24, 2.45) is 5.92 Å². The fourth-order valence-corrected chi connectivity index (χ4v) is 3.89. The number of rotatable bonds is 4. The van der Waals surface area contributed by atoms with Gasteiger partial charge in [0.05, 0.1) is 12.4 Å². The largest absolute Gasteiger partial charge is 0.368 e. The molecule has 6 heteroatoms. The van der Waals surface area contributed by atoms with E-state index >= 15 is 0 Å². The zero-order valence-corrected chi connectivity index (χ0v) is 12.5. The Morgan fingerprint density at radius 2 is 2.05 bits per heavy atom. The van der Waals surface area contributed by atoms with Crippen molar-refractivity contribution < 1.29 is 17.9 Å². The van der Waals surface area contributed by atoms with Crippen LogP contribution in [-0.4, -0.2) is 50.1 Å². The molecule has 2 rings (SSSR count). The Labute approximate surface area is 115 Å². The Bertz CT molecular complexity index is 434. The maximum Gasteiger partial charge on any atom is 0.211 e. The molecule has 0 saturated carbocycles. The van der Waals surface area contributed by atoms with Crippen molar-refractivity contribution in [1.82, 2.24) is 4.31 Å². The van der Waals surface area contributed by atoms with Gasteiger partial charge in [0.2, 0.25) is 10.0 Å². The number of Topliss-reactive ketones (excluding diaryl/α,β-unsaturated/α-hetero) is 1. The Morgan fingerprint density at radius 3 is 2.63 bits per heavy atom. The van der Waals surface area contributed by atoms with Crippen LogP contribution >= 0.6 is 0 Å². The van der Waals surface area contributed by atoms with Crippen LogP contribution in [0.15, 0.2) is 0 Å². The summed E-state index contributed by atoms with van der Waals surface area (Å²) < 4.78 is 30.1. The molecule has 0 aromatic heterocycles. The highest BCUT2D eigenvalue weighted by molar-refractivity contribution is 7.88. The number of nitrogens with zero attached hydrogens (tertiary/aromatic N) is 1. The van der Waals surface area contributed by atoms with Crippen molar-refractivity contribution >= 4 is 15.8 Å². The van der Waals surface area contributed by atoms with Gasteiger partial charge in [0.25, 0.3) is 0 Å². The van der Waals surface area contributed by atoms with Crippen LogP contribution in [0.3, 0.4) is 0 Å². The van der Waals surface area contributed by atoms with Gasteiger partial charge >= 0.3 is 0 Å². The van der Waals surface area contributed by atoms with E-state index in [0.29, 0.717) is 19.5 Å². The first kappa shape index (κ1) is 14.9. The Balaban J connectivity index is 1.87. The standard InChI is InChI=1S/C13H23NO4S/c1-10-5-6-13(18-10)12(15)8-11-4-3-7-14(9-11)19(2,16)17/h10-11,13H,3-9H2,1-2H3. The van der Waals surface area contributed by atoms with Crippen LogP contribution in [-0.2, 0) is 19.6 Å². The van der Waals surface area contributed by atoms with Crippen LogP contribution < -0.4 is 0 Å². The molecule has 0 aromatic rings. The topological polar surface area (TPSA) is 63.7 Å². The average molecular weight is 289 g/mol. The SMILES string of the molecule is CC1CCC(C(=O)CC2CCCN(S(C)(=O)=O)C2)O1. The highest BCUT2D eigenvalue weighted by atomic mass is 32.2. The summed E-state index contributed by atoms with van der Waals surface area (Å²) in [6.45, 7) is 3.05. The van der Waals surface area contributed by atoms with Gasteiger partial charge in [-0.2, -0.15) is 0 Å². The minimum atomic E-state index is -3.13. The Hall–Kier alpha value is -0.460. The smallest absolute Gasteiger partial charge is 0.211 e. The predicted octanol–water partition coefficient (Wildman–Crippen LogP) is 1.18. The van der Waals surface area contributed by atoms with Gasteiger partial charge < -0.3 is 4.74 Å². The number of carbonyl (C=O) groups is 1. The molecule has 0 bridgehead atoms. The minimum absolute atomic E-state index is 0.143. The second-order valence-electron chi connectivity index (χ2n) is 5.81. The van der Waals surface area contributed by atoms with Crippen LogP contribution in [0.1, 0.15) is 39.0 Å². The zero-order chi connectivity index (χ0) is 14.0. The normalized spacial score (nSPS) is 33.5. The number of ketones is 1. The molecule has 2 heterocycles. The summed E-state index contributed by atoms with van der Waals surface area (Å²) in [5, 5.41) is 0. The second-order valence-corrected chi connectivity index (χ2v) is 7.79. The summed E-state index contributed by atoms with van der Waals surface area (Å²) in [5.74, 6) is 0.292. The molecule has 0 N–H and O–H groups in total. The van der Waals surface area contributed by atoms with E-state index in [1.54, 1.807) is 0 Å². The number of hydrogen-bond acceptors (Lipinski definition) is 4. The summed E-state index contributed by atoms with van der Waals surface area (Å²) in [7, 11) is -3.13. The number of ether oxygens (including phenoxy) is 1. The summed E-state index contributed by atoms with van der Waals surface area (Å²) in [6.07, 6.45) is 5.12. The van der Waals surface area contributed by atoms with E-state index in [1.807, 2.05) is 6.92 Å². The van der Waals surface area contributed by atoms with E-state index < -0.39 is 10.0 Å². The molecule has 0 amide bonds. The van der Waals surface area contributed by atoms with Crippen molar-refractivity contribution in [3.8, 4) is 0 Å². The molecule has 3 atom stereocenters. The monoisotopic (exact) mass is 289 g/mol. The van der Waals surface area contributed by atoms with Crippen molar-refractivity contribution in [2.45, 2.75) is 51.2 Å². The van der Waals surface area contributed by atoms with E-state index in [4.69, 9.17) is 4.74 Å². The van der Waals surface area contributed by atoms with Gasteiger partial charge in [0, 0.05) is 19.5 Å². The van der Waals surface area contributed by atoms with Crippen LogP contribution in [0.25, 0.3) is 0 Å². The fourth-order valence-electron chi connectivity index (χ4n) is 2.95. The van der Waals surface area contributed by atoms with Crippen LogP contribution in [0.5, 0.6) is 0 Å². The first-order valence-corrected chi connectivity index (χ1v) is 8.84. The van der Waals surface area contributed by atoms with Gasteiger partial charge in [0.15, 0.2) is 5.78 Å². The number of piperidine rings is 1. The van der Waals surface area contributed by atoms with Gasteiger partial charge in [-0.1, -0.05) is 0 Å². The van der Waals surface area contributed by atoms with Crippen LogP contribution in [0.4, 0.5) is 0 Å².